The number of hydrogen-bond acceptors (Lipinski definition) is 5. The van der Waals surface area contributed by atoms with E-state index in [-0.39, 0.29) is 23.0 Å². The van der Waals surface area contributed by atoms with Crippen LogP contribution in [0, 0.1) is 5.82 Å². The van der Waals surface area contributed by atoms with Gasteiger partial charge in [0.05, 0.1) is 0 Å². The van der Waals surface area contributed by atoms with Crippen LogP contribution in [0.2, 0.25) is 0 Å². The van der Waals surface area contributed by atoms with Crippen LogP contribution < -0.4 is 22.1 Å². The standard InChI is InChI=1S/C19H24FN5O2/c1-19(2,3)25-18(24-17(27)11-5-4-6-13(26)9-11)23-16(22)14-8-7-12(20)10-15(14)21/h4-10,16,26H,21-22H2,1-3H3,(H2,23,24,25,27). The van der Waals surface area contributed by atoms with E-state index in [2.05, 4.69) is 15.6 Å². The summed E-state index contributed by atoms with van der Waals surface area (Å²) in [5, 5.41) is 15.2. The van der Waals surface area contributed by atoms with Crippen LogP contribution in [0.3, 0.4) is 0 Å². The van der Waals surface area contributed by atoms with E-state index in [0.717, 1.165) is 6.07 Å². The number of nitrogens with two attached hydrogens (primary N) is 2. The number of nitrogens with one attached hydrogen (secondary N) is 2. The number of hydrogen-bond donors (Lipinski definition) is 5. The Morgan fingerprint density at radius 3 is 2.52 bits per heavy atom. The molecule has 0 spiro atoms. The fraction of sp³-hybridized carbons (Fsp3) is 0.263. The average Bonchev–Trinajstić information content (AvgIpc) is 2.52. The zero-order valence-corrected chi connectivity index (χ0v) is 15.5. The first-order chi connectivity index (χ1) is 12.5. The van der Waals surface area contributed by atoms with E-state index in [0.29, 0.717) is 5.56 Å². The van der Waals surface area contributed by atoms with Gasteiger partial charge in [-0.25, -0.2) is 9.38 Å². The first kappa shape index (κ1) is 20.2. The topological polar surface area (TPSA) is 126 Å². The zero-order valence-electron chi connectivity index (χ0n) is 15.5. The Balaban J connectivity index is 2.30. The summed E-state index contributed by atoms with van der Waals surface area (Å²) >= 11 is 0. The molecule has 2 aromatic carbocycles. The van der Waals surface area contributed by atoms with E-state index in [1.165, 1.54) is 24.3 Å². The minimum Gasteiger partial charge on any atom is -0.508 e. The maximum absolute atomic E-state index is 13.2. The van der Waals surface area contributed by atoms with Gasteiger partial charge in [-0.1, -0.05) is 12.1 Å². The Bertz CT molecular complexity index is 861. The minimum atomic E-state index is -0.917. The van der Waals surface area contributed by atoms with Crippen molar-refractivity contribution in [3.8, 4) is 5.75 Å². The van der Waals surface area contributed by atoms with Crippen molar-refractivity contribution in [1.29, 1.82) is 0 Å². The highest BCUT2D eigenvalue weighted by atomic mass is 19.1. The molecule has 144 valence electrons. The number of phenols is 1. The third-order valence-electron chi connectivity index (χ3n) is 3.47. The van der Waals surface area contributed by atoms with Gasteiger partial charge in [-0.2, -0.15) is 0 Å². The lowest BCUT2D eigenvalue weighted by atomic mass is 10.1. The number of nitrogen functional groups attached to an aromatic ring is 1. The molecule has 0 aliphatic rings. The van der Waals surface area contributed by atoms with Gasteiger partial charge in [0.2, 0.25) is 5.96 Å². The van der Waals surface area contributed by atoms with Gasteiger partial charge in [0.25, 0.3) is 5.91 Å². The van der Waals surface area contributed by atoms with Gasteiger partial charge < -0.3 is 21.9 Å². The first-order valence-electron chi connectivity index (χ1n) is 8.32. The van der Waals surface area contributed by atoms with Gasteiger partial charge in [0.15, 0.2) is 0 Å². The second-order valence-electron chi connectivity index (χ2n) is 7.08. The molecule has 7 nitrogen and oxygen atoms in total. The molecule has 8 heteroatoms. The minimum absolute atomic E-state index is 0.0271. The average molecular weight is 373 g/mol. The normalized spacial score (nSPS) is 13.1. The molecule has 0 radical (unpaired) electrons. The fourth-order valence-electron chi connectivity index (χ4n) is 2.30. The van der Waals surface area contributed by atoms with Crippen LogP contribution in [0.5, 0.6) is 5.75 Å². The summed E-state index contributed by atoms with van der Waals surface area (Å²) in [6, 6.07) is 9.76. The lowest BCUT2D eigenvalue weighted by Crippen LogP contribution is -2.49. The molecular weight excluding hydrogens is 349 g/mol. The van der Waals surface area contributed by atoms with Gasteiger partial charge in [-0.05, 0) is 51.1 Å². The fourth-order valence-corrected chi connectivity index (χ4v) is 2.30. The summed E-state index contributed by atoms with van der Waals surface area (Å²) < 4.78 is 13.2. The van der Waals surface area contributed by atoms with E-state index >= 15 is 0 Å². The number of aromatic hydroxyl groups is 1. The molecule has 0 aromatic heterocycles. The molecule has 2 aromatic rings. The van der Waals surface area contributed by atoms with Gasteiger partial charge >= 0.3 is 0 Å². The van der Waals surface area contributed by atoms with Crippen LogP contribution in [0.4, 0.5) is 10.1 Å². The molecule has 2 rings (SSSR count). The lowest BCUT2D eigenvalue weighted by Gasteiger charge is -2.24. The maximum Gasteiger partial charge on any atom is 0.258 e. The number of amides is 1. The number of carbonyl (C=O) groups excluding carboxylic acids is 1. The van der Waals surface area contributed by atoms with Crippen molar-refractivity contribution >= 4 is 17.6 Å². The number of benzene rings is 2. The van der Waals surface area contributed by atoms with E-state index in [1.807, 2.05) is 20.8 Å². The SMILES string of the molecule is CC(C)(C)NC(=NC(N)c1ccc(F)cc1N)NC(=O)c1cccc(O)c1. The Kier molecular flexibility index (Phi) is 6.02. The number of guanidine groups is 1. The number of anilines is 1. The lowest BCUT2D eigenvalue weighted by molar-refractivity contribution is 0.0975. The Morgan fingerprint density at radius 2 is 1.93 bits per heavy atom. The van der Waals surface area contributed by atoms with Crippen molar-refractivity contribution in [2.75, 3.05) is 5.73 Å². The number of halogens is 1. The van der Waals surface area contributed by atoms with E-state index in [4.69, 9.17) is 11.5 Å². The number of aliphatic imine (C=N–C) groups is 1. The van der Waals surface area contributed by atoms with Gasteiger partial charge in [-0.3, -0.25) is 10.1 Å². The molecule has 7 N–H and O–H groups in total. The molecular formula is C19H24FN5O2. The van der Waals surface area contributed by atoms with Crippen molar-refractivity contribution in [3.05, 3.63) is 59.4 Å². The number of nitrogens with zero attached hydrogens (tertiary/aromatic N) is 1. The van der Waals surface area contributed by atoms with Crippen LogP contribution in [0.1, 0.15) is 42.9 Å². The van der Waals surface area contributed by atoms with Crippen LogP contribution in [-0.2, 0) is 0 Å². The van der Waals surface area contributed by atoms with E-state index < -0.39 is 23.4 Å². The highest BCUT2D eigenvalue weighted by molar-refractivity contribution is 6.06. The summed E-state index contributed by atoms with van der Waals surface area (Å²) in [7, 11) is 0. The Morgan fingerprint density at radius 1 is 1.22 bits per heavy atom. The molecule has 0 fully saturated rings. The monoisotopic (exact) mass is 373 g/mol. The second-order valence-corrected chi connectivity index (χ2v) is 7.08. The van der Waals surface area contributed by atoms with Crippen LogP contribution >= 0.6 is 0 Å². The molecule has 1 atom stereocenters. The van der Waals surface area contributed by atoms with Crippen molar-refractivity contribution in [1.82, 2.24) is 10.6 Å². The largest absolute Gasteiger partial charge is 0.508 e. The van der Waals surface area contributed by atoms with E-state index in [1.54, 1.807) is 12.1 Å². The first-order valence-corrected chi connectivity index (χ1v) is 8.32. The van der Waals surface area contributed by atoms with E-state index in [9.17, 15) is 14.3 Å². The van der Waals surface area contributed by atoms with Gasteiger partial charge in [0.1, 0.15) is 17.7 Å². The van der Waals surface area contributed by atoms with Gasteiger partial charge in [0, 0.05) is 22.4 Å². The number of rotatable bonds is 3. The third kappa shape index (κ3) is 5.96. The van der Waals surface area contributed by atoms with Crippen molar-refractivity contribution < 1.29 is 14.3 Å². The summed E-state index contributed by atoms with van der Waals surface area (Å²) in [5.74, 6) is -0.842. The van der Waals surface area contributed by atoms with Crippen molar-refractivity contribution in [3.63, 3.8) is 0 Å². The summed E-state index contributed by atoms with van der Waals surface area (Å²) in [6.07, 6.45) is -0.917. The quantitative estimate of drug-likeness (QED) is 0.320. The molecule has 0 aliphatic carbocycles. The highest BCUT2D eigenvalue weighted by Gasteiger charge is 2.18. The zero-order chi connectivity index (χ0) is 20.2. The molecule has 0 bridgehead atoms. The predicted molar refractivity (Wildman–Crippen MR) is 104 cm³/mol. The third-order valence-corrected chi connectivity index (χ3v) is 3.47. The highest BCUT2D eigenvalue weighted by Crippen LogP contribution is 2.20. The molecule has 1 amide bonds. The molecule has 0 aliphatic heterocycles. The summed E-state index contributed by atoms with van der Waals surface area (Å²) in [5.41, 5.74) is 12.3. The van der Waals surface area contributed by atoms with Crippen molar-refractivity contribution in [2.24, 2.45) is 10.7 Å². The van der Waals surface area contributed by atoms with Crippen LogP contribution in [-0.4, -0.2) is 22.5 Å². The molecule has 0 saturated heterocycles. The molecule has 27 heavy (non-hydrogen) atoms. The van der Waals surface area contributed by atoms with Gasteiger partial charge in [-0.15, -0.1) is 0 Å². The smallest absolute Gasteiger partial charge is 0.258 e. The Hall–Kier alpha value is -3.13. The number of phenolic OH excluding ortho intramolecular Hbond substituents is 1. The van der Waals surface area contributed by atoms with Crippen LogP contribution in [0.25, 0.3) is 0 Å². The number of carbonyl (C=O) groups is 1. The summed E-state index contributed by atoms with van der Waals surface area (Å²) in [4.78, 5) is 16.8. The Labute approximate surface area is 157 Å². The maximum atomic E-state index is 13.2. The molecule has 0 heterocycles. The molecule has 1 unspecified atom stereocenters. The predicted octanol–water partition coefficient (Wildman–Crippen LogP) is 2.24. The summed E-state index contributed by atoms with van der Waals surface area (Å²) in [6.45, 7) is 5.67. The van der Waals surface area contributed by atoms with Crippen molar-refractivity contribution in [2.45, 2.75) is 32.5 Å². The second kappa shape index (κ2) is 8.05. The van der Waals surface area contributed by atoms with Crippen LogP contribution in [0.15, 0.2) is 47.5 Å². The molecule has 0 saturated carbocycles.